The quantitative estimate of drug-likeness (QED) is 0.0320. The van der Waals surface area contributed by atoms with Crippen molar-refractivity contribution in [2.75, 3.05) is 13.2 Å². The van der Waals surface area contributed by atoms with Gasteiger partial charge in [0.15, 0.2) is 0 Å². The van der Waals surface area contributed by atoms with Crippen LogP contribution in [-0.4, -0.2) is 47.4 Å². The Kier molecular flexibility index (Phi) is 65.9. The molecule has 0 aromatic heterocycles. The fraction of sp³-hybridized carbons (Fsp3) is 0.889. The summed E-state index contributed by atoms with van der Waals surface area (Å²) in [6.07, 6.45) is 86.5. The van der Waals surface area contributed by atoms with Gasteiger partial charge in [-0.2, -0.15) is 0 Å². The van der Waals surface area contributed by atoms with Crippen LogP contribution < -0.4 is 5.32 Å². The van der Waals surface area contributed by atoms with E-state index in [1.165, 1.54) is 315 Å². The Morgan fingerprint density at radius 3 is 0.910 bits per heavy atom. The number of nitrogens with one attached hydrogen (secondary N) is 1. The summed E-state index contributed by atoms with van der Waals surface area (Å²) in [5, 5.41) is 23.2. The highest BCUT2D eigenvalue weighted by atomic mass is 16.5. The normalized spacial score (nSPS) is 12.7. The lowest BCUT2D eigenvalue weighted by Crippen LogP contribution is -2.45. The number of allylic oxidation sites excluding steroid dienone is 5. The van der Waals surface area contributed by atoms with Crippen LogP contribution in [0.15, 0.2) is 36.5 Å². The fourth-order valence-corrected chi connectivity index (χ4v) is 11.0. The van der Waals surface area contributed by atoms with Crippen LogP contribution in [0.25, 0.3) is 0 Å². The molecule has 460 valence electrons. The van der Waals surface area contributed by atoms with Gasteiger partial charge < -0.3 is 20.3 Å². The SMILES string of the molecule is CCCCCCCCC/C=C\CCCCCCCCCC(=O)OCCCCCCCCCCCCCC/C=C\CCCCCCCCCCCCC(=O)NC(CO)C(O)/C=C/CCCCCCCCCCCCCCCCC. The van der Waals surface area contributed by atoms with Crippen molar-refractivity contribution >= 4 is 11.9 Å². The summed E-state index contributed by atoms with van der Waals surface area (Å²) < 4.78 is 5.50. The second kappa shape index (κ2) is 67.6. The summed E-state index contributed by atoms with van der Waals surface area (Å²) in [5.74, 6) is -0.0558. The maximum Gasteiger partial charge on any atom is 0.305 e. The molecule has 0 saturated heterocycles. The lowest BCUT2D eigenvalue weighted by molar-refractivity contribution is -0.143. The van der Waals surface area contributed by atoms with Crippen molar-refractivity contribution in [3.63, 3.8) is 0 Å². The van der Waals surface area contributed by atoms with E-state index in [1.807, 2.05) is 6.08 Å². The molecule has 0 saturated carbocycles. The van der Waals surface area contributed by atoms with E-state index >= 15 is 0 Å². The molecule has 0 radical (unpaired) electrons. The van der Waals surface area contributed by atoms with Crippen LogP contribution in [0.1, 0.15) is 386 Å². The topological polar surface area (TPSA) is 95.9 Å². The third-order valence-corrected chi connectivity index (χ3v) is 16.4. The van der Waals surface area contributed by atoms with Gasteiger partial charge in [0.1, 0.15) is 0 Å². The fourth-order valence-electron chi connectivity index (χ4n) is 11.0. The standard InChI is InChI=1S/C72H137NO5/c1-3-5-7-9-11-13-15-17-19-21-34-38-42-46-50-54-58-62-66-72(77)78-67-63-59-55-51-47-43-39-35-31-29-27-25-23-22-24-26-28-30-33-37-41-45-49-53-57-61-65-71(76)73-69(68-74)70(75)64-60-56-52-48-44-40-36-32-20-18-16-14-12-10-8-6-4-2/h19,21-22,24,60,64,69-70,74-75H,3-18,20,23,25-59,61-63,65-68H2,1-2H3,(H,73,76)/b21-19-,24-22-,64-60+. The summed E-state index contributed by atoms with van der Waals surface area (Å²) in [7, 11) is 0. The molecule has 0 rings (SSSR count). The highest BCUT2D eigenvalue weighted by Gasteiger charge is 2.18. The van der Waals surface area contributed by atoms with Gasteiger partial charge >= 0.3 is 5.97 Å². The first-order valence-corrected chi connectivity index (χ1v) is 35.3. The van der Waals surface area contributed by atoms with E-state index in [4.69, 9.17) is 4.74 Å². The molecule has 2 unspecified atom stereocenters. The Morgan fingerprint density at radius 2 is 0.603 bits per heavy atom. The first kappa shape index (κ1) is 76.1. The highest BCUT2D eigenvalue weighted by Crippen LogP contribution is 2.18. The number of rotatable bonds is 66. The van der Waals surface area contributed by atoms with E-state index in [0.717, 1.165) is 44.9 Å². The lowest BCUT2D eigenvalue weighted by atomic mass is 10.0. The molecule has 2 atom stereocenters. The first-order chi connectivity index (χ1) is 38.5. The van der Waals surface area contributed by atoms with Crippen molar-refractivity contribution in [1.29, 1.82) is 0 Å². The van der Waals surface area contributed by atoms with Gasteiger partial charge in [0, 0.05) is 12.8 Å². The van der Waals surface area contributed by atoms with Crippen LogP contribution in [0.5, 0.6) is 0 Å². The maximum atomic E-state index is 12.5. The summed E-state index contributed by atoms with van der Waals surface area (Å²) in [6.45, 7) is 4.93. The van der Waals surface area contributed by atoms with Gasteiger partial charge in [-0.25, -0.2) is 0 Å². The number of carbonyl (C=O) groups excluding carboxylic acids is 2. The molecule has 0 aliphatic rings. The number of ether oxygens (including phenoxy) is 1. The minimum absolute atomic E-state index is 0.0115. The van der Waals surface area contributed by atoms with Crippen molar-refractivity contribution < 1.29 is 24.5 Å². The van der Waals surface area contributed by atoms with Crippen molar-refractivity contribution in [2.45, 2.75) is 398 Å². The molecule has 78 heavy (non-hydrogen) atoms. The maximum absolute atomic E-state index is 12.5. The monoisotopic (exact) mass is 1100 g/mol. The van der Waals surface area contributed by atoms with Crippen LogP contribution >= 0.6 is 0 Å². The molecular weight excluding hydrogens is 959 g/mol. The van der Waals surface area contributed by atoms with E-state index in [-0.39, 0.29) is 18.5 Å². The van der Waals surface area contributed by atoms with Crippen LogP contribution in [0, 0.1) is 0 Å². The van der Waals surface area contributed by atoms with E-state index in [1.54, 1.807) is 6.08 Å². The number of amides is 1. The van der Waals surface area contributed by atoms with E-state index in [9.17, 15) is 19.8 Å². The van der Waals surface area contributed by atoms with E-state index in [0.29, 0.717) is 19.4 Å². The Labute approximate surface area is 487 Å². The number of carbonyl (C=O) groups is 2. The van der Waals surface area contributed by atoms with Crippen LogP contribution in [0.2, 0.25) is 0 Å². The average Bonchev–Trinajstić information content (AvgIpc) is 3.44. The summed E-state index contributed by atoms with van der Waals surface area (Å²) in [6, 6.07) is -0.630. The van der Waals surface area contributed by atoms with E-state index < -0.39 is 12.1 Å². The molecule has 0 spiro atoms. The second-order valence-corrected chi connectivity index (χ2v) is 24.2. The predicted octanol–water partition coefficient (Wildman–Crippen LogP) is 22.7. The molecule has 6 nitrogen and oxygen atoms in total. The van der Waals surface area contributed by atoms with Crippen LogP contribution in [0.4, 0.5) is 0 Å². The largest absolute Gasteiger partial charge is 0.466 e. The van der Waals surface area contributed by atoms with Gasteiger partial charge in [-0.05, 0) is 83.5 Å². The lowest BCUT2D eigenvalue weighted by Gasteiger charge is -2.20. The molecule has 0 fully saturated rings. The number of unbranched alkanes of at least 4 members (excludes halogenated alkanes) is 51. The number of hydrogen-bond donors (Lipinski definition) is 3. The zero-order valence-electron chi connectivity index (χ0n) is 52.7. The van der Waals surface area contributed by atoms with Crippen LogP contribution in [0.3, 0.4) is 0 Å². The Morgan fingerprint density at radius 1 is 0.346 bits per heavy atom. The van der Waals surface area contributed by atoms with Gasteiger partial charge in [0.25, 0.3) is 0 Å². The van der Waals surface area contributed by atoms with Crippen molar-refractivity contribution in [1.82, 2.24) is 5.32 Å². The van der Waals surface area contributed by atoms with Crippen LogP contribution in [-0.2, 0) is 14.3 Å². The third kappa shape index (κ3) is 63.3. The van der Waals surface area contributed by atoms with Gasteiger partial charge in [-0.15, -0.1) is 0 Å². The molecule has 0 aromatic rings. The number of hydrogen-bond acceptors (Lipinski definition) is 5. The number of esters is 1. The molecular formula is C72H137NO5. The molecule has 1 amide bonds. The molecule has 0 aliphatic heterocycles. The molecule has 0 bridgehead atoms. The zero-order chi connectivity index (χ0) is 56.4. The smallest absolute Gasteiger partial charge is 0.305 e. The summed E-state index contributed by atoms with van der Waals surface area (Å²) in [4.78, 5) is 24.6. The first-order valence-electron chi connectivity index (χ1n) is 35.3. The predicted molar refractivity (Wildman–Crippen MR) is 343 cm³/mol. The van der Waals surface area contributed by atoms with Crippen molar-refractivity contribution in [3.05, 3.63) is 36.5 Å². The van der Waals surface area contributed by atoms with E-state index in [2.05, 4.69) is 43.5 Å². The molecule has 0 aromatic carbocycles. The minimum Gasteiger partial charge on any atom is -0.466 e. The molecule has 0 heterocycles. The minimum atomic E-state index is -0.846. The average molecular weight is 1100 g/mol. The summed E-state index contributed by atoms with van der Waals surface area (Å²) in [5.41, 5.74) is 0. The third-order valence-electron chi connectivity index (χ3n) is 16.4. The van der Waals surface area contributed by atoms with Gasteiger partial charge in [-0.3, -0.25) is 9.59 Å². The van der Waals surface area contributed by atoms with Crippen molar-refractivity contribution in [2.24, 2.45) is 0 Å². The molecule has 6 heteroatoms. The van der Waals surface area contributed by atoms with Gasteiger partial charge in [-0.1, -0.05) is 326 Å². The number of aliphatic hydroxyl groups excluding tert-OH is 2. The Hall–Kier alpha value is -1.92. The Bertz CT molecular complexity index is 1260. The molecule has 0 aliphatic carbocycles. The van der Waals surface area contributed by atoms with Gasteiger partial charge in [0.2, 0.25) is 5.91 Å². The molecule has 3 N–H and O–H groups in total. The summed E-state index contributed by atoms with van der Waals surface area (Å²) >= 11 is 0. The number of aliphatic hydroxyl groups is 2. The zero-order valence-corrected chi connectivity index (χ0v) is 52.7. The van der Waals surface area contributed by atoms with Crippen molar-refractivity contribution in [3.8, 4) is 0 Å². The van der Waals surface area contributed by atoms with Gasteiger partial charge in [0.05, 0.1) is 25.4 Å². The second-order valence-electron chi connectivity index (χ2n) is 24.2. The highest BCUT2D eigenvalue weighted by molar-refractivity contribution is 5.76. The Balaban J connectivity index is 3.40.